The van der Waals surface area contributed by atoms with E-state index in [9.17, 15) is 9.59 Å². The van der Waals surface area contributed by atoms with Gasteiger partial charge >= 0.3 is 0 Å². The second kappa shape index (κ2) is 5.44. The number of pyridine rings is 1. The zero-order chi connectivity index (χ0) is 14.8. The molecule has 5 heteroatoms. The number of anilines is 1. The molecule has 3 rings (SSSR count). The van der Waals surface area contributed by atoms with Gasteiger partial charge in [-0.15, -0.1) is 0 Å². The van der Waals surface area contributed by atoms with Gasteiger partial charge in [0.05, 0.1) is 0 Å². The molecule has 0 saturated heterocycles. The quantitative estimate of drug-likeness (QED) is 0.839. The van der Waals surface area contributed by atoms with Crippen LogP contribution in [0.2, 0.25) is 0 Å². The number of carbonyl (C=O) groups is 1. The van der Waals surface area contributed by atoms with Crippen LogP contribution in [0.3, 0.4) is 0 Å². The van der Waals surface area contributed by atoms with Crippen LogP contribution >= 0.6 is 0 Å². The number of nitrogens with one attached hydrogen (secondary N) is 1. The summed E-state index contributed by atoms with van der Waals surface area (Å²) < 4.78 is 0. The Morgan fingerprint density at radius 2 is 2.14 bits per heavy atom. The summed E-state index contributed by atoms with van der Waals surface area (Å²) in [7, 11) is 0. The van der Waals surface area contributed by atoms with Crippen LogP contribution in [0, 0.1) is 0 Å². The van der Waals surface area contributed by atoms with E-state index in [0.29, 0.717) is 12.2 Å². The molecule has 0 unspecified atom stereocenters. The fraction of sp³-hybridized carbons (Fsp3) is 0.250. The lowest BCUT2D eigenvalue weighted by molar-refractivity contribution is 0.0728. The summed E-state index contributed by atoms with van der Waals surface area (Å²) in [6, 6.07) is 9.08. The van der Waals surface area contributed by atoms with Gasteiger partial charge in [0.25, 0.3) is 5.91 Å². The van der Waals surface area contributed by atoms with Crippen molar-refractivity contribution in [1.82, 2.24) is 9.88 Å². The SMILES string of the molecule is Nc1cccc(CN(C(=O)c2c[nH]ccc2=O)C2CC2)c1. The molecule has 1 aliphatic rings. The molecular weight excluding hydrogens is 266 g/mol. The molecule has 0 spiro atoms. The lowest BCUT2D eigenvalue weighted by Gasteiger charge is -2.22. The van der Waals surface area contributed by atoms with Gasteiger partial charge in [-0.2, -0.15) is 0 Å². The van der Waals surface area contributed by atoms with E-state index in [0.717, 1.165) is 18.4 Å². The highest BCUT2D eigenvalue weighted by molar-refractivity contribution is 5.94. The Hall–Kier alpha value is -2.56. The second-order valence-electron chi connectivity index (χ2n) is 5.33. The minimum Gasteiger partial charge on any atom is -0.399 e. The molecule has 0 radical (unpaired) electrons. The summed E-state index contributed by atoms with van der Waals surface area (Å²) in [6.45, 7) is 0.475. The van der Waals surface area contributed by atoms with E-state index in [1.54, 1.807) is 4.90 Å². The number of amides is 1. The van der Waals surface area contributed by atoms with Crippen molar-refractivity contribution in [2.75, 3.05) is 5.73 Å². The molecule has 108 valence electrons. The average molecular weight is 283 g/mol. The van der Waals surface area contributed by atoms with Gasteiger partial charge < -0.3 is 15.6 Å². The van der Waals surface area contributed by atoms with Gasteiger partial charge in [-0.25, -0.2) is 0 Å². The third kappa shape index (κ3) is 2.97. The largest absolute Gasteiger partial charge is 0.399 e. The van der Waals surface area contributed by atoms with E-state index in [1.165, 1.54) is 18.5 Å². The first kappa shape index (κ1) is 13.4. The molecule has 1 heterocycles. The molecule has 1 aromatic heterocycles. The number of rotatable bonds is 4. The Morgan fingerprint density at radius 3 is 2.81 bits per heavy atom. The lowest BCUT2D eigenvalue weighted by Crippen LogP contribution is -2.35. The van der Waals surface area contributed by atoms with Gasteiger partial charge in [0.2, 0.25) is 0 Å². The van der Waals surface area contributed by atoms with Crippen molar-refractivity contribution in [2.45, 2.75) is 25.4 Å². The van der Waals surface area contributed by atoms with Crippen molar-refractivity contribution < 1.29 is 4.79 Å². The monoisotopic (exact) mass is 283 g/mol. The molecule has 1 amide bonds. The van der Waals surface area contributed by atoms with Crippen molar-refractivity contribution in [1.29, 1.82) is 0 Å². The maximum absolute atomic E-state index is 12.6. The van der Waals surface area contributed by atoms with Crippen LogP contribution in [0.5, 0.6) is 0 Å². The zero-order valence-electron chi connectivity index (χ0n) is 11.6. The molecule has 0 aliphatic heterocycles. The van der Waals surface area contributed by atoms with Gasteiger partial charge in [-0.05, 0) is 30.5 Å². The van der Waals surface area contributed by atoms with Crippen molar-refractivity contribution in [2.24, 2.45) is 0 Å². The summed E-state index contributed by atoms with van der Waals surface area (Å²) in [5.41, 5.74) is 7.36. The van der Waals surface area contributed by atoms with Crippen LogP contribution in [0.25, 0.3) is 0 Å². The van der Waals surface area contributed by atoms with E-state index >= 15 is 0 Å². The third-order valence-corrected chi connectivity index (χ3v) is 3.61. The first-order valence-corrected chi connectivity index (χ1v) is 6.97. The van der Waals surface area contributed by atoms with Crippen LogP contribution < -0.4 is 11.2 Å². The Kier molecular flexibility index (Phi) is 3.48. The molecule has 0 bridgehead atoms. The number of nitrogen functional groups attached to an aromatic ring is 1. The molecule has 0 atom stereocenters. The van der Waals surface area contributed by atoms with Gasteiger partial charge in [0.15, 0.2) is 5.43 Å². The highest BCUT2D eigenvalue weighted by Crippen LogP contribution is 2.29. The number of aromatic nitrogens is 1. The van der Waals surface area contributed by atoms with Gasteiger partial charge in [-0.3, -0.25) is 9.59 Å². The molecule has 3 N–H and O–H groups in total. The van der Waals surface area contributed by atoms with E-state index in [4.69, 9.17) is 5.73 Å². The normalized spacial score (nSPS) is 13.9. The number of nitrogens with zero attached hydrogens (tertiary/aromatic N) is 1. The standard InChI is InChI=1S/C16H17N3O2/c17-12-3-1-2-11(8-12)10-19(13-4-5-13)16(21)14-9-18-7-6-15(14)20/h1-3,6-9,13H,4-5,10,17H2,(H,18,20). The van der Waals surface area contributed by atoms with Crippen molar-refractivity contribution in [3.63, 3.8) is 0 Å². The second-order valence-corrected chi connectivity index (χ2v) is 5.33. The Balaban J connectivity index is 1.87. The minimum atomic E-state index is -0.253. The predicted octanol–water partition coefficient (Wildman–Crippen LogP) is 1.76. The van der Waals surface area contributed by atoms with Crippen LogP contribution in [-0.4, -0.2) is 21.8 Å². The van der Waals surface area contributed by atoms with Gasteiger partial charge in [-0.1, -0.05) is 12.1 Å². The summed E-state index contributed by atoms with van der Waals surface area (Å²) in [5, 5.41) is 0. The number of H-pyrrole nitrogens is 1. The van der Waals surface area contributed by atoms with Crippen molar-refractivity contribution in [3.05, 3.63) is 64.1 Å². The van der Waals surface area contributed by atoms with E-state index < -0.39 is 0 Å². The van der Waals surface area contributed by atoms with E-state index in [1.807, 2.05) is 24.3 Å². The highest BCUT2D eigenvalue weighted by Gasteiger charge is 2.33. The van der Waals surface area contributed by atoms with Crippen LogP contribution in [0.1, 0.15) is 28.8 Å². The molecule has 2 aromatic rings. The highest BCUT2D eigenvalue weighted by atomic mass is 16.2. The number of aromatic amines is 1. The van der Waals surface area contributed by atoms with Crippen molar-refractivity contribution in [3.8, 4) is 0 Å². The minimum absolute atomic E-state index is 0.188. The van der Waals surface area contributed by atoms with Gasteiger partial charge in [0, 0.05) is 36.7 Å². The smallest absolute Gasteiger partial charge is 0.259 e. The number of hydrogen-bond acceptors (Lipinski definition) is 3. The Bertz CT molecular complexity index is 719. The fourth-order valence-electron chi connectivity index (χ4n) is 2.38. The summed E-state index contributed by atoms with van der Waals surface area (Å²) in [4.78, 5) is 29.0. The maximum atomic E-state index is 12.6. The van der Waals surface area contributed by atoms with Crippen LogP contribution in [-0.2, 0) is 6.54 Å². The summed E-state index contributed by atoms with van der Waals surface area (Å²) in [6.07, 6.45) is 4.97. The van der Waals surface area contributed by atoms with Crippen LogP contribution in [0.4, 0.5) is 5.69 Å². The lowest BCUT2D eigenvalue weighted by atomic mass is 10.1. The molecular formula is C16H17N3O2. The molecule has 5 nitrogen and oxygen atoms in total. The topological polar surface area (TPSA) is 79.2 Å². The third-order valence-electron chi connectivity index (χ3n) is 3.61. The maximum Gasteiger partial charge on any atom is 0.259 e. The number of benzene rings is 1. The first-order chi connectivity index (χ1) is 10.1. The molecule has 1 saturated carbocycles. The first-order valence-electron chi connectivity index (χ1n) is 6.97. The molecule has 1 fully saturated rings. The summed E-state index contributed by atoms with van der Waals surface area (Å²) in [5.74, 6) is -0.221. The zero-order valence-corrected chi connectivity index (χ0v) is 11.6. The van der Waals surface area contributed by atoms with Crippen LogP contribution in [0.15, 0.2) is 47.5 Å². The van der Waals surface area contributed by atoms with E-state index in [2.05, 4.69) is 4.98 Å². The van der Waals surface area contributed by atoms with Crippen molar-refractivity contribution >= 4 is 11.6 Å². The van der Waals surface area contributed by atoms with Gasteiger partial charge in [0.1, 0.15) is 5.56 Å². The number of nitrogens with two attached hydrogens (primary N) is 1. The number of carbonyl (C=O) groups excluding carboxylic acids is 1. The molecule has 1 aliphatic carbocycles. The summed E-state index contributed by atoms with van der Waals surface area (Å²) >= 11 is 0. The molecule has 1 aromatic carbocycles. The Morgan fingerprint density at radius 1 is 1.33 bits per heavy atom. The Labute approximate surface area is 122 Å². The fourth-order valence-corrected chi connectivity index (χ4v) is 2.38. The predicted molar refractivity (Wildman–Crippen MR) is 80.8 cm³/mol. The molecule has 21 heavy (non-hydrogen) atoms. The number of hydrogen-bond donors (Lipinski definition) is 2. The average Bonchev–Trinajstić information content (AvgIpc) is 3.29. The van der Waals surface area contributed by atoms with E-state index in [-0.39, 0.29) is 22.9 Å².